The van der Waals surface area contributed by atoms with Gasteiger partial charge in [0.1, 0.15) is 36.0 Å². The number of carbonyl (C=O) groups excluding carboxylic acids is 5. The molecule has 1 rings (SSSR count). The summed E-state index contributed by atoms with van der Waals surface area (Å²) in [4.78, 5) is 88.0. The van der Waals surface area contributed by atoms with Crippen LogP contribution >= 0.6 is 0 Å². The van der Waals surface area contributed by atoms with E-state index >= 15 is 0 Å². The third-order valence-corrected chi connectivity index (χ3v) is 7.66. The van der Waals surface area contributed by atoms with Crippen molar-refractivity contribution in [1.29, 1.82) is 0 Å². The molecule has 0 heterocycles. The van der Waals surface area contributed by atoms with Crippen LogP contribution in [-0.2, 0) is 40.0 Å². The number of aliphatic hydroxyl groups excluding tert-OH is 1. The fourth-order valence-electron chi connectivity index (χ4n) is 4.48. The number of phenols is 1. The van der Waals surface area contributed by atoms with E-state index in [0.717, 1.165) is 0 Å². The van der Waals surface area contributed by atoms with Gasteiger partial charge in [0, 0.05) is 0 Å². The predicted octanol–water partition coefficient (Wildman–Crippen LogP) is -2.57. The van der Waals surface area contributed by atoms with E-state index in [0.29, 0.717) is 31.4 Å². The molecule has 274 valence electrons. The minimum atomic E-state index is -1.71. The molecule has 0 aliphatic heterocycles. The second kappa shape index (κ2) is 21.2. The minimum absolute atomic E-state index is 0.0408. The summed E-state index contributed by atoms with van der Waals surface area (Å²) in [5.41, 5.74) is 12.3. The summed E-state index contributed by atoms with van der Waals surface area (Å²) in [5.74, 6) is -7.90. The lowest BCUT2D eigenvalue weighted by Gasteiger charge is -2.27. The summed E-state index contributed by atoms with van der Waals surface area (Å²) < 4.78 is 0. The topological polar surface area (TPSA) is 313 Å². The molecule has 5 amide bonds. The average molecular weight is 696 g/mol. The van der Waals surface area contributed by atoms with Crippen LogP contribution < -0.4 is 38.1 Å². The molecule has 0 bridgehead atoms. The van der Waals surface area contributed by atoms with Crippen molar-refractivity contribution in [3.63, 3.8) is 0 Å². The Hall–Kier alpha value is -4.81. The van der Waals surface area contributed by atoms with Gasteiger partial charge in [-0.2, -0.15) is 0 Å². The first kappa shape index (κ1) is 42.2. The standard InChI is InChI=1S/C31H49N7O11/c1-4-16(2)25(30(47)37-23(15-39)31(48)49)38-29(46)22(14-24(41)42)36-26(43)17(3)34-28(45)21(7-5-6-12-32)35-27(44)20(33)13-18-8-10-19(40)11-9-18/h8-11,16-17,20-23,25,39-40H,4-7,12-15,32-33H2,1-3H3,(H,34,45)(H,35,44)(H,36,43)(H,37,47)(H,38,46)(H,41,42)(H,48,49)/t16-,17-,20-,21-,22-,23-,25-/m0/s1. The molecule has 0 aromatic heterocycles. The first-order valence-corrected chi connectivity index (χ1v) is 15.8. The largest absolute Gasteiger partial charge is 0.508 e. The number of aromatic hydroxyl groups is 1. The zero-order chi connectivity index (χ0) is 37.3. The number of unbranched alkanes of at least 4 members (excludes halogenated alkanes) is 1. The van der Waals surface area contributed by atoms with Crippen LogP contribution in [0.2, 0.25) is 0 Å². The Labute approximate surface area is 283 Å². The number of aliphatic hydroxyl groups is 1. The van der Waals surface area contributed by atoms with Gasteiger partial charge >= 0.3 is 11.9 Å². The lowest BCUT2D eigenvalue weighted by atomic mass is 9.97. The molecule has 0 fully saturated rings. The van der Waals surface area contributed by atoms with Gasteiger partial charge in [-0.25, -0.2) is 4.79 Å². The summed E-state index contributed by atoms with van der Waals surface area (Å²) in [6.07, 6.45) is 0.665. The number of carbonyl (C=O) groups is 7. The minimum Gasteiger partial charge on any atom is -0.508 e. The molecule has 1 aromatic carbocycles. The van der Waals surface area contributed by atoms with Crippen molar-refractivity contribution in [2.75, 3.05) is 13.2 Å². The number of rotatable bonds is 22. The molecule has 18 heteroatoms. The first-order valence-electron chi connectivity index (χ1n) is 15.8. The highest BCUT2D eigenvalue weighted by molar-refractivity contribution is 5.97. The third kappa shape index (κ3) is 14.9. The van der Waals surface area contributed by atoms with E-state index in [1.54, 1.807) is 26.0 Å². The van der Waals surface area contributed by atoms with Gasteiger partial charge in [-0.1, -0.05) is 32.4 Å². The number of amides is 5. The number of aliphatic carboxylic acids is 2. The summed E-state index contributed by atoms with van der Waals surface area (Å²) in [6.45, 7) is 3.94. The van der Waals surface area contributed by atoms with E-state index in [2.05, 4.69) is 26.6 Å². The Morgan fingerprint density at radius 1 is 0.755 bits per heavy atom. The highest BCUT2D eigenvalue weighted by atomic mass is 16.4. The number of phenolic OH excluding ortho intramolecular Hbond substituents is 1. The second-order valence-corrected chi connectivity index (χ2v) is 11.7. The van der Waals surface area contributed by atoms with E-state index in [-0.39, 0.29) is 18.6 Å². The Balaban J connectivity index is 3.03. The van der Waals surface area contributed by atoms with Gasteiger partial charge in [0.15, 0.2) is 0 Å². The Kier molecular flexibility index (Phi) is 18.3. The average Bonchev–Trinajstić information content (AvgIpc) is 3.05. The SMILES string of the molecule is CC[C@H](C)[C@H](NC(=O)[C@H](CC(=O)O)NC(=O)[C@H](C)NC(=O)[C@H](CCCCN)NC(=O)[C@@H](N)Cc1ccc(O)cc1)C(=O)N[C@@H](CO)C(=O)O. The third-order valence-electron chi connectivity index (χ3n) is 7.66. The second-order valence-electron chi connectivity index (χ2n) is 11.7. The van der Waals surface area contributed by atoms with Gasteiger partial charge in [0.25, 0.3) is 0 Å². The first-order chi connectivity index (χ1) is 23.0. The molecule has 0 saturated carbocycles. The molecule has 0 radical (unpaired) electrons. The van der Waals surface area contributed by atoms with Gasteiger partial charge in [0.05, 0.1) is 19.1 Å². The van der Waals surface area contributed by atoms with Gasteiger partial charge in [-0.05, 0) is 62.8 Å². The van der Waals surface area contributed by atoms with Crippen LogP contribution in [0.3, 0.4) is 0 Å². The number of nitrogens with two attached hydrogens (primary N) is 2. The van der Waals surface area contributed by atoms with Crippen LogP contribution in [0.25, 0.3) is 0 Å². The maximum atomic E-state index is 13.2. The van der Waals surface area contributed by atoms with Crippen molar-refractivity contribution in [2.24, 2.45) is 17.4 Å². The Bertz CT molecular complexity index is 1290. The fraction of sp³-hybridized carbons (Fsp3) is 0.581. The van der Waals surface area contributed by atoms with Gasteiger partial charge in [0.2, 0.25) is 29.5 Å². The van der Waals surface area contributed by atoms with Gasteiger partial charge in [-0.15, -0.1) is 0 Å². The number of hydrogen-bond donors (Lipinski definition) is 11. The number of carboxylic acid groups (broad SMARTS) is 2. The van der Waals surface area contributed by atoms with Crippen molar-refractivity contribution in [3.8, 4) is 5.75 Å². The monoisotopic (exact) mass is 695 g/mol. The van der Waals surface area contributed by atoms with E-state index < -0.39 is 96.7 Å². The zero-order valence-corrected chi connectivity index (χ0v) is 27.8. The summed E-state index contributed by atoms with van der Waals surface area (Å²) in [6, 6.07) is -2.15. The molecule has 0 aliphatic carbocycles. The van der Waals surface area contributed by atoms with E-state index in [9.17, 15) is 48.9 Å². The number of hydrogen-bond acceptors (Lipinski definition) is 11. The lowest BCUT2D eigenvalue weighted by Crippen LogP contribution is -2.60. The van der Waals surface area contributed by atoms with Crippen molar-refractivity contribution in [1.82, 2.24) is 26.6 Å². The van der Waals surface area contributed by atoms with Crippen LogP contribution in [0.4, 0.5) is 0 Å². The molecule has 0 unspecified atom stereocenters. The Morgan fingerprint density at radius 2 is 1.33 bits per heavy atom. The molecular formula is C31H49N7O11. The number of nitrogens with one attached hydrogen (secondary N) is 5. The summed E-state index contributed by atoms with van der Waals surface area (Å²) in [7, 11) is 0. The lowest BCUT2D eigenvalue weighted by molar-refractivity contribution is -0.144. The van der Waals surface area contributed by atoms with Crippen LogP contribution in [0.1, 0.15) is 58.4 Å². The smallest absolute Gasteiger partial charge is 0.328 e. The van der Waals surface area contributed by atoms with E-state index in [4.69, 9.17) is 16.6 Å². The molecule has 0 spiro atoms. The molecule has 13 N–H and O–H groups in total. The number of benzene rings is 1. The maximum Gasteiger partial charge on any atom is 0.328 e. The number of carboxylic acids is 2. The van der Waals surface area contributed by atoms with Crippen LogP contribution in [0.5, 0.6) is 5.75 Å². The van der Waals surface area contributed by atoms with Crippen molar-refractivity contribution in [3.05, 3.63) is 29.8 Å². The molecule has 1 aromatic rings. The van der Waals surface area contributed by atoms with E-state index in [1.807, 2.05) is 0 Å². The molecular weight excluding hydrogens is 646 g/mol. The van der Waals surface area contributed by atoms with Gasteiger partial charge < -0.3 is 58.5 Å². The quantitative estimate of drug-likeness (QED) is 0.0557. The normalized spacial score (nSPS) is 15.2. The van der Waals surface area contributed by atoms with Crippen molar-refractivity contribution < 1.29 is 54.0 Å². The van der Waals surface area contributed by atoms with Gasteiger partial charge in [-0.3, -0.25) is 28.8 Å². The zero-order valence-electron chi connectivity index (χ0n) is 27.8. The molecule has 18 nitrogen and oxygen atoms in total. The molecule has 0 saturated heterocycles. The Morgan fingerprint density at radius 3 is 1.86 bits per heavy atom. The van der Waals surface area contributed by atoms with Crippen molar-refractivity contribution in [2.45, 2.75) is 95.5 Å². The maximum absolute atomic E-state index is 13.2. The molecule has 49 heavy (non-hydrogen) atoms. The highest BCUT2D eigenvalue weighted by Gasteiger charge is 2.34. The molecule has 0 aliphatic rings. The predicted molar refractivity (Wildman–Crippen MR) is 174 cm³/mol. The van der Waals surface area contributed by atoms with Crippen LogP contribution in [0, 0.1) is 5.92 Å². The fourth-order valence-corrected chi connectivity index (χ4v) is 4.48. The highest BCUT2D eigenvalue weighted by Crippen LogP contribution is 2.12. The molecule has 7 atom stereocenters. The van der Waals surface area contributed by atoms with Crippen LogP contribution in [-0.4, -0.2) is 111 Å². The van der Waals surface area contributed by atoms with Crippen LogP contribution in [0.15, 0.2) is 24.3 Å². The summed E-state index contributed by atoms with van der Waals surface area (Å²) >= 11 is 0. The summed E-state index contributed by atoms with van der Waals surface area (Å²) in [5, 5.41) is 49.0. The van der Waals surface area contributed by atoms with Crippen molar-refractivity contribution >= 4 is 41.5 Å². The van der Waals surface area contributed by atoms with E-state index in [1.165, 1.54) is 19.1 Å².